The monoisotopic (exact) mass is 459 g/mol. The van der Waals surface area contributed by atoms with E-state index in [0.717, 1.165) is 22.3 Å². The van der Waals surface area contributed by atoms with Crippen molar-refractivity contribution in [3.05, 3.63) is 88.4 Å². The molecule has 176 valence electrons. The molecule has 1 aromatic heterocycles. The van der Waals surface area contributed by atoms with Crippen LogP contribution in [0.4, 0.5) is 5.95 Å². The van der Waals surface area contributed by atoms with Crippen LogP contribution in [0, 0.1) is 13.8 Å². The van der Waals surface area contributed by atoms with Crippen molar-refractivity contribution < 1.29 is 14.3 Å². The minimum atomic E-state index is -0.497. The highest BCUT2D eigenvalue weighted by atomic mass is 16.5. The van der Waals surface area contributed by atoms with E-state index in [-0.39, 0.29) is 19.1 Å². The largest absolute Gasteiger partial charge is 0.463 e. The Morgan fingerprint density at radius 3 is 2.50 bits per heavy atom. The van der Waals surface area contributed by atoms with Crippen LogP contribution in [0.3, 0.4) is 0 Å². The Morgan fingerprint density at radius 2 is 1.79 bits per heavy atom. The first kappa shape index (κ1) is 23.2. The number of aromatic nitrogens is 3. The summed E-state index contributed by atoms with van der Waals surface area (Å²) >= 11 is 0. The molecule has 2 heterocycles. The van der Waals surface area contributed by atoms with E-state index in [4.69, 9.17) is 4.74 Å². The highest BCUT2D eigenvalue weighted by Gasteiger charge is 2.38. The molecule has 0 fully saturated rings. The Labute approximate surface area is 199 Å². The Balaban J connectivity index is 1.66. The minimum Gasteiger partial charge on any atom is -0.463 e. The summed E-state index contributed by atoms with van der Waals surface area (Å²) in [5.74, 6) is -0.117. The molecule has 1 N–H and O–H groups in total. The van der Waals surface area contributed by atoms with Crippen LogP contribution in [0.1, 0.15) is 42.1 Å². The number of hydrogen-bond donors (Lipinski definition) is 1. The summed E-state index contributed by atoms with van der Waals surface area (Å²) in [5, 5.41) is 7.39. The van der Waals surface area contributed by atoms with E-state index in [0.29, 0.717) is 23.8 Å². The topological polar surface area (TPSA) is 89.3 Å². The molecule has 8 nitrogen and oxygen atoms in total. The Hall–Kier alpha value is -3.94. The number of amides is 1. The van der Waals surface area contributed by atoms with E-state index in [1.165, 1.54) is 6.33 Å². The van der Waals surface area contributed by atoms with Crippen LogP contribution in [0.5, 0.6) is 0 Å². The van der Waals surface area contributed by atoms with Gasteiger partial charge in [-0.3, -0.25) is 4.79 Å². The average Bonchev–Trinajstić information content (AvgIpc) is 3.30. The van der Waals surface area contributed by atoms with Crippen molar-refractivity contribution in [3.63, 3.8) is 0 Å². The second kappa shape index (κ2) is 9.91. The molecular weight excluding hydrogens is 430 g/mol. The number of nitrogens with zero attached hydrogens (tertiary/aromatic N) is 4. The lowest BCUT2D eigenvalue weighted by Gasteiger charge is -2.35. The van der Waals surface area contributed by atoms with Crippen LogP contribution in [0.25, 0.3) is 0 Å². The molecule has 0 unspecified atom stereocenters. The second-order valence-electron chi connectivity index (χ2n) is 8.33. The molecule has 1 aliphatic heterocycles. The first-order valence-corrected chi connectivity index (χ1v) is 11.3. The first-order chi connectivity index (χ1) is 16.4. The first-order valence-electron chi connectivity index (χ1n) is 11.3. The lowest BCUT2D eigenvalue weighted by Crippen LogP contribution is -2.42. The lowest BCUT2D eigenvalue weighted by molar-refractivity contribution is -0.139. The van der Waals surface area contributed by atoms with Gasteiger partial charge < -0.3 is 15.0 Å². The summed E-state index contributed by atoms with van der Waals surface area (Å²) in [4.78, 5) is 32.2. The normalized spacial score (nSPS) is 15.2. The zero-order valence-corrected chi connectivity index (χ0v) is 19.9. The van der Waals surface area contributed by atoms with Crippen LogP contribution in [-0.4, -0.2) is 39.8 Å². The Bertz CT molecular complexity index is 1230. The van der Waals surface area contributed by atoms with Crippen molar-refractivity contribution in [1.29, 1.82) is 0 Å². The van der Waals surface area contributed by atoms with Gasteiger partial charge in [0.25, 0.3) is 0 Å². The van der Waals surface area contributed by atoms with Gasteiger partial charge in [-0.1, -0.05) is 54.1 Å². The van der Waals surface area contributed by atoms with Crippen molar-refractivity contribution in [2.24, 2.45) is 0 Å². The van der Waals surface area contributed by atoms with Gasteiger partial charge in [-0.05, 0) is 44.4 Å². The SMILES string of the molecule is CCOC(=O)C1=C(C)N(CC(=O)NCc2ccccc2C)c2ncnn2[C@@H]1c1ccc(C)cc1. The van der Waals surface area contributed by atoms with Crippen molar-refractivity contribution in [3.8, 4) is 0 Å². The van der Waals surface area contributed by atoms with E-state index in [1.54, 1.807) is 16.5 Å². The van der Waals surface area contributed by atoms with Crippen LogP contribution in [0.2, 0.25) is 0 Å². The molecular formula is C26H29N5O3. The molecule has 8 heteroatoms. The van der Waals surface area contributed by atoms with Crippen LogP contribution < -0.4 is 10.2 Å². The third-order valence-corrected chi connectivity index (χ3v) is 6.04. The molecule has 1 aliphatic rings. The number of anilines is 1. The minimum absolute atomic E-state index is 0.0000688. The zero-order valence-electron chi connectivity index (χ0n) is 19.9. The molecule has 4 rings (SSSR count). The number of benzene rings is 2. The van der Waals surface area contributed by atoms with Gasteiger partial charge in [-0.15, -0.1) is 0 Å². The van der Waals surface area contributed by atoms with Gasteiger partial charge in [-0.2, -0.15) is 10.1 Å². The van der Waals surface area contributed by atoms with E-state index in [1.807, 2.05) is 69.3 Å². The number of ether oxygens (including phenoxy) is 1. The van der Waals surface area contributed by atoms with Gasteiger partial charge in [0.05, 0.1) is 12.2 Å². The maximum atomic E-state index is 13.1. The summed E-state index contributed by atoms with van der Waals surface area (Å²) < 4.78 is 7.08. The fourth-order valence-electron chi connectivity index (χ4n) is 4.15. The third kappa shape index (κ3) is 4.57. The maximum absolute atomic E-state index is 13.1. The van der Waals surface area contributed by atoms with Gasteiger partial charge in [0.1, 0.15) is 18.9 Å². The zero-order chi connectivity index (χ0) is 24.2. The number of nitrogens with one attached hydrogen (secondary N) is 1. The molecule has 1 amide bonds. The predicted molar refractivity (Wildman–Crippen MR) is 129 cm³/mol. The Kier molecular flexibility index (Phi) is 6.77. The summed E-state index contributed by atoms with van der Waals surface area (Å²) in [6.45, 7) is 8.28. The maximum Gasteiger partial charge on any atom is 0.338 e. The van der Waals surface area contributed by atoms with Gasteiger partial charge in [0, 0.05) is 12.2 Å². The van der Waals surface area contributed by atoms with Gasteiger partial charge in [0.15, 0.2) is 0 Å². The molecule has 0 aliphatic carbocycles. The highest BCUT2D eigenvalue weighted by Crippen LogP contribution is 2.38. The number of allylic oxidation sites excluding steroid dienone is 1. The Morgan fingerprint density at radius 1 is 1.06 bits per heavy atom. The molecule has 34 heavy (non-hydrogen) atoms. The number of carbonyl (C=O) groups is 2. The molecule has 0 spiro atoms. The van der Waals surface area contributed by atoms with E-state index in [9.17, 15) is 9.59 Å². The van der Waals surface area contributed by atoms with E-state index >= 15 is 0 Å². The molecule has 1 atom stereocenters. The quantitative estimate of drug-likeness (QED) is 0.545. The van der Waals surface area contributed by atoms with Gasteiger partial charge in [0.2, 0.25) is 11.9 Å². The number of hydrogen-bond acceptors (Lipinski definition) is 6. The van der Waals surface area contributed by atoms with Crippen molar-refractivity contribution in [2.45, 2.75) is 40.3 Å². The molecule has 0 bridgehead atoms. The fraction of sp³-hybridized carbons (Fsp3) is 0.308. The molecule has 0 radical (unpaired) electrons. The molecule has 3 aromatic rings. The number of aryl methyl sites for hydroxylation is 2. The van der Waals surface area contributed by atoms with Crippen LogP contribution in [-0.2, 0) is 20.9 Å². The van der Waals surface area contributed by atoms with Gasteiger partial charge >= 0.3 is 5.97 Å². The standard InChI is InChI=1S/C26H29N5O3/c1-5-34-25(33)23-19(4)30(15-22(32)27-14-21-9-7-6-8-18(21)3)26-28-16-29-31(26)24(23)20-12-10-17(2)11-13-20/h6-13,16,24H,5,14-15H2,1-4H3,(H,27,32)/t24-/m1/s1. The van der Waals surface area contributed by atoms with Crippen LogP contribution in [0.15, 0.2) is 66.1 Å². The summed E-state index contributed by atoms with van der Waals surface area (Å²) in [6.07, 6.45) is 1.44. The fourth-order valence-corrected chi connectivity index (χ4v) is 4.15. The second-order valence-corrected chi connectivity index (χ2v) is 8.33. The summed E-state index contributed by atoms with van der Waals surface area (Å²) in [6, 6.07) is 15.4. The highest BCUT2D eigenvalue weighted by molar-refractivity contribution is 5.93. The van der Waals surface area contributed by atoms with E-state index in [2.05, 4.69) is 15.4 Å². The average molecular weight is 460 g/mol. The van der Waals surface area contributed by atoms with Crippen molar-refractivity contribution >= 4 is 17.8 Å². The number of carbonyl (C=O) groups excluding carboxylic acids is 2. The predicted octanol–water partition coefficient (Wildman–Crippen LogP) is 3.46. The smallest absolute Gasteiger partial charge is 0.338 e. The summed E-state index contributed by atoms with van der Waals surface area (Å²) in [7, 11) is 0. The summed E-state index contributed by atoms with van der Waals surface area (Å²) in [5.41, 5.74) is 5.23. The van der Waals surface area contributed by atoms with Gasteiger partial charge in [-0.25, -0.2) is 9.48 Å². The third-order valence-electron chi connectivity index (χ3n) is 6.04. The van der Waals surface area contributed by atoms with Crippen LogP contribution >= 0.6 is 0 Å². The lowest BCUT2D eigenvalue weighted by atomic mass is 9.94. The molecule has 0 saturated carbocycles. The number of esters is 1. The molecule has 0 saturated heterocycles. The molecule has 2 aromatic carbocycles. The van der Waals surface area contributed by atoms with Crippen molar-refractivity contribution in [2.75, 3.05) is 18.1 Å². The van der Waals surface area contributed by atoms with E-state index < -0.39 is 12.0 Å². The van der Waals surface area contributed by atoms with Crippen molar-refractivity contribution in [1.82, 2.24) is 20.1 Å². The number of rotatable bonds is 7. The number of fused-ring (bicyclic) bond motifs is 1.